The Morgan fingerprint density at radius 2 is 1.20 bits per heavy atom. The highest BCUT2D eigenvalue weighted by molar-refractivity contribution is 7.12. The number of carboxylic acids is 2. The van der Waals surface area contributed by atoms with Gasteiger partial charge in [0.15, 0.2) is 27.7 Å². The van der Waals surface area contributed by atoms with Crippen molar-refractivity contribution in [3.8, 4) is 11.8 Å². The summed E-state index contributed by atoms with van der Waals surface area (Å²) in [6.45, 7) is 12.3. The fourth-order valence-corrected chi connectivity index (χ4v) is 15.2. The molecule has 5 atom stereocenters. The average molecular weight is 1460 g/mol. The van der Waals surface area contributed by atoms with E-state index in [0.29, 0.717) is 121 Å². The van der Waals surface area contributed by atoms with Gasteiger partial charge in [0, 0.05) is 145 Å². The number of carbonyl (C=O) groups is 7. The van der Waals surface area contributed by atoms with Crippen molar-refractivity contribution in [2.45, 2.75) is 63.4 Å². The largest absolute Gasteiger partial charge is 0.480 e. The van der Waals surface area contributed by atoms with E-state index in [4.69, 9.17) is 47.4 Å². The van der Waals surface area contributed by atoms with Gasteiger partial charge >= 0.3 is 35.9 Å². The highest BCUT2D eigenvalue weighted by Crippen LogP contribution is 2.40. The van der Waals surface area contributed by atoms with Gasteiger partial charge in [0.2, 0.25) is 0 Å². The van der Waals surface area contributed by atoms with Gasteiger partial charge in [0.1, 0.15) is 29.3 Å². The van der Waals surface area contributed by atoms with Crippen LogP contribution in [0.5, 0.6) is 0 Å². The van der Waals surface area contributed by atoms with Crippen LogP contribution in [0, 0.1) is 37.3 Å². The smallest absolute Gasteiger partial charge is 0.338 e. The Morgan fingerprint density at radius 1 is 0.683 bits per heavy atom. The molecule has 0 saturated carbocycles. The maximum absolute atomic E-state index is 14.0. The number of piperazine rings is 2. The zero-order valence-corrected chi connectivity index (χ0v) is 58.7. The van der Waals surface area contributed by atoms with Gasteiger partial charge in [-0.3, -0.25) is 29.5 Å². The normalized spacial score (nSPS) is 20.9. The molecule has 0 aliphatic carbocycles. The third kappa shape index (κ3) is 14.9. The maximum Gasteiger partial charge on any atom is 0.338 e. The Morgan fingerprint density at radius 3 is 1.67 bits per heavy atom. The molecule has 9 heterocycles. The number of methoxy groups -OCH3 is 2. The molecule has 101 heavy (non-hydrogen) atoms. The van der Waals surface area contributed by atoms with E-state index < -0.39 is 65.1 Å². The van der Waals surface area contributed by atoms with Crippen molar-refractivity contribution in [1.82, 2.24) is 50.0 Å². The summed E-state index contributed by atoms with van der Waals surface area (Å²) < 4.78 is 43.7. The number of aliphatic imine (C=N–C) groups is 2. The van der Waals surface area contributed by atoms with Crippen LogP contribution in [0.1, 0.15) is 84.5 Å². The van der Waals surface area contributed by atoms with E-state index in [9.17, 15) is 52.6 Å². The second-order valence-corrected chi connectivity index (χ2v) is 27.9. The minimum absolute atomic E-state index is 0.0726. The van der Waals surface area contributed by atoms with Crippen molar-refractivity contribution >= 4 is 105 Å². The Balaban J connectivity index is 0.000000191. The number of aliphatic carboxylic acids is 1. The maximum atomic E-state index is 14.0. The van der Waals surface area contributed by atoms with Gasteiger partial charge in [-0.2, -0.15) is 0 Å². The number of nitrogens with one attached hydrogen (secondary N) is 2. The number of aryl methyl sites for hydroxylation is 2. The number of carboxylic acid groups (broad SMARTS) is 2. The number of urea groups is 2. The lowest BCUT2D eigenvalue weighted by atomic mass is 9.95. The molecule has 6 aromatic rings. The van der Waals surface area contributed by atoms with E-state index in [1.807, 2.05) is 48.3 Å². The molecule has 0 unspecified atom stereocenters. The number of amidine groups is 2. The average Bonchev–Trinajstić information content (AvgIpc) is 1.77. The highest BCUT2D eigenvalue weighted by Gasteiger charge is 2.47. The van der Waals surface area contributed by atoms with Gasteiger partial charge in [-0.05, 0) is 99.5 Å². The van der Waals surface area contributed by atoms with E-state index in [1.165, 1.54) is 78.2 Å². The number of carbonyl (C=O) groups excluding carboxylic acids is 5. The summed E-state index contributed by atoms with van der Waals surface area (Å²) in [5.74, 6) is 2.63. The van der Waals surface area contributed by atoms with E-state index >= 15 is 0 Å². The number of benzene rings is 4. The summed E-state index contributed by atoms with van der Waals surface area (Å²) in [6.07, 6.45) is 3.31. The predicted octanol–water partition coefficient (Wildman–Crippen LogP) is 8.03. The van der Waals surface area contributed by atoms with Crippen LogP contribution in [0.3, 0.4) is 0 Å². The van der Waals surface area contributed by atoms with Crippen LogP contribution in [-0.2, 0) is 28.6 Å². The summed E-state index contributed by atoms with van der Waals surface area (Å²) in [7, 11) is 2.58. The van der Waals surface area contributed by atoms with Gasteiger partial charge in [0.25, 0.3) is 5.91 Å². The zero-order valence-electron chi connectivity index (χ0n) is 55.5. The zero-order chi connectivity index (χ0) is 71.7. The van der Waals surface area contributed by atoms with Crippen LogP contribution in [0.15, 0.2) is 128 Å². The molecular formula is C70H69Cl2F2N13O12S2. The number of esters is 2. The molecule has 2 aromatic heterocycles. The minimum Gasteiger partial charge on any atom is -0.480 e. The molecule has 526 valence electrons. The number of nitrogens with zero attached hydrogens (tertiary/aromatic N) is 11. The SMILES string of the molecule is COC(=O)C1=C(CN2CCN3C(=O)N(C(C)(C)C#Cc4c(C)cc(C(=O)O)cc4C)C[C@@H]3C2)NC(c2nccs2)=N[C@H]1c1ccc(F)cc1Cl.COC(=O)C1=C(CN2CCN3C(=O)N(c4ccc(C(=O)N5CCOC[C@H]5C(=O)O)cc4)C[C@@H]3C2)NC(c2nccs2)=N[C@H]1c1ccc(F)cc1Cl. The molecule has 31 heteroatoms. The summed E-state index contributed by atoms with van der Waals surface area (Å²) in [5.41, 5.74) is 5.07. The lowest BCUT2D eigenvalue weighted by molar-refractivity contribution is -0.147. The van der Waals surface area contributed by atoms with E-state index in [0.717, 1.165) is 16.7 Å². The summed E-state index contributed by atoms with van der Waals surface area (Å²) in [4.78, 5) is 121. The van der Waals surface area contributed by atoms with Crippen molar-refractivity contribution < 1.29 is 66.8 Å². The molecule has 25 nitrogen and oxygen atoms in total. The van der Waals surface area contributed by atoms with E-state index in [2.05, 4.69) is 42.2 Å². The number of thiazole rings is 2. The number of rotatable bonds is 15. The third-order valence-corrected chi connectivity index (χ3v) is 20.7. The van der Waals surface area contributed by atoms with Crippen molar-refractivity contribution in [2.24, 2.45) is 9.98 Å². The highest BCUT2D eigenvalue weighted by atomic mass is 35.5. The molecular weight excluding hydrogens is 1390 g/mol. The number of aromatic nitrogens is 2. The quantitative estimate of drug-likeness (QED) is 0.0559. The number of morpholine rings is 1. The number of aromatic carboxylic acids is 1. The lowest BCUT2D eigenvalue weighted by Crippen LogP contribution is -2.53. The molecule has 4 N–H and O–H groups in total. The van der Waals surface area contributed by atoms with Crippen molar-refractivity contribution in [1.29, 1.82) is 0 Å². The van der Waals surface area contributed by atoms with Crippen LogP contribution in [0.4, 0.5) is 24.1 Å². The Bertz CT molecular complexity index is 4470. The first-order chi connectivity index (χ1) is 48.4. The number of amides is 5. The minimum atomic E-state index is -1.13. The molecule has 5 fully saturated rings. The van der Waals surface area contributed by atoms with Crippen LogP contribution in [0.2, 0.25) is 10.0 Å². The number of ether oxygens (including phenoxy) is 3. The van der Waals surface area contributed by atoms with Crippen molar-refractivity contribution in [3.63, 3.8) is 0 Å². The van der Waals surface area contributed by atoms with Crippen LogP contribution in [0.25, 0.3) is 0 Å². The first kappa shape index (κ1) is 71.2. The second-order valence-electron chi connectivity index (χ2n) is 25.3. The number of halogens is 4. The second kappa shape index (κ2) is 29.9. The van der Waals surface area contributed by atoms with Gasteiger partial charge in [-0.15, -0.1) is 22.7 Å². The van der Waals surface area contributed by atoms with Crippen molar-refractivity contribution in [3.05, 3.63) is 189 Å². The summed E-state index contributed by atoms with van der Waals surface area (Å²) in [5, 5.41) is 30.7. The summed E-state index contributed by atoms with van der Waals surface area (Å²) >= 11 is 15.7. The van der Waals surface area contributed by atoms with Gasteiger partial charge in [-0.25, -0.2) is 47.5 Å². The first-order valence-corrected chi connectivity index (χ1v) is 34.6. The molecule has 7 aliphatic heterocycles. The fraction of sp³-hybridized carbons (Fsp3) is 0.357. The molecule has 0 radical (unpaired) electrons. The van der Waals surface area contributed by atoms with Crippen LogP contribution < -0.4 is 15.5 Å². The standard InChI is InChI=1S/C36H36ClFN6O5S.C34H33ClFN7O7S/c1-20-14-22(33(45)46)15-21(2)25(20)8-9-36(3,4)44-18-24-17-42(11-12-43(24)35(44)48)19-28-29(34(47)49-5)30(26-7-6-23(38)16-27(26)37)41-31(40-28)32-39-10-13-50-32;1-49-33(47)27-25(38-29(30-37-8-13-51-30)39-28(27)23-7-4-20(36)14-24(23)35)17-40-9-10-41-22(15-40)16-43(34(41)48)21-5-2-19(3-6-21)31(44)42-11-12-50-18-26(42)32(45)46/h6-7,10,13-16,24,30H,11-12,17-19H2,1-5H3,(H,40,41)(H,45,46);2-8,13-14,22,26,28H,9-12,15-18H2,1H3,(H,38,39)(H,45,46)/t24-,30-;22-,26-,28-/m00/s1. The molecule has 5 amide bonds. The summed E-state index contributed by atoms with van der Waals surface area (Å²) in [6, 6.07) is 14.4. The number of fused-ring (bicyclic) bond motifs is 2. The number of hydrogen-bond donors (Lipinski definition) is 4. The van der Waals surface area contributed by atoms with E-state index in [-0.39, 0.29) is 70.7 Å². The van der Waals surface area contributed by atoms with Crippen molar-refractivity contribution in [2.75, 3.05) is 104 Å². The fourth-order valence-electron chi connectivity index (χ4n) is 13.5. The Kier molecular flexibility index (Phi) is 21.1. The topological polar surface area (TPSA) is 285 Å². The molecule has 4 aromatic carbocycles. The third-order valence-electron chi connectivity index (χ3n) is 18.5. The molecule has 0 spiro atoms. The first-order valence-electron chi connectivity index (χ1n) is 32.1. The molecule has 0 bridgehead atoms. The lowest BCUT2D eigenvalue weighted by Gasteiger charge is -2.38. The molecule has 13 rings (SSSR count). The monoisotopic (exact) mass is 1460 g/mol. The molecule has 7 aliphatic rings. The number of hydrogen-bond acceptors (Lipinski definition) is 20. The van der Waals surface area contributed by atoms with Crippen LogP contribution in [-0.4, -0.2) is 226 Å². The van der Waals surface area contributed by atoms with Crippen LogP contribution >= 0.6 is 45.9 Å². The van der Waals surface area contributed by atoms with Gasteiger partial charge in [0.05, 0.1) is 56.2 Å². The Labute approximate surface area is 597 Å². The van der Waals surface area contributed by atoms with Gasteiger partial charge in [-0.1, -0.05) is 47.2 Å². The van der Waals surface area contributed by atoms with Gasteiger partial charge < -0.3 is 54.7 Å². The predicted molar refractivity (Wildman–Crippen MR) is 372 cm³/mol. The molecule has 5 saturated heterocycles. The van der Waals surface area contributed by atoms with E-state index in [1.54, 1.807) is 58.6 Å². The Hall–Kier alpha value is -9.67. The number of anilines is 1.